The third-order valence-corrected chi connectivity index (χ3v) is 2.65. The van der Waals surface area contributed by atoms with Gasteiger partial charge in [0.1, 0.15) is 11.8 Å². The van der Waals surface area contributed by atoms with Gasteiger partial charge in [0.15, 0.2) is 6.10 Å². The number of nitriles is 1. The van der Waals surface area contributed by atoms with Crippen LogP contribution in [0.2, 0.25) is 0 Å². The zero-order valence-corrected chi connectivity index (χ0v) is 11.0. The van der Waals surface area contributed by atoms with E-state index in [0.29, 0.717) is 17.0 Å². The summed E-state index contributed by atoms with van der Waals surface area (Å²) in [6, 6.07) is 18.0. The van der Waals surface area contributed by atoms with Crippen molar-refractivity contribution >= 4 is 11.6 Å². The smallest absolute Gasteiger partial charge is 0.259 e. The fourth-order valence-electron chi connectivity index (χ4n) is 1.69. The molecule has 0 aliphatic heterocycles. The van der Waals surface area contributed by atoms with Crippen LogP contribution in [0.3, 0.4) is 0 Å². The van der Waals surface area contributed by atoms with Gasteiger partial charge in [0.05, 0.1) is 5.56 Å². The second-order valence-corrected chi connectivity index (χ2v) is 4.21. The maximum Gasteiger partial charge on any atom is 0.259 e. The van der Waals surface area contributed by atoms with Crippen molar-refractivity contribution in [3.8, 4) is 11.8 Å². The van der Waals surface area contributed by atoms with E-state index in [9.17, 15) is 4.79 Å². The summed E-state index contributed by atoms with van der Waals surface area (Å²) < 4.78 is 5.43. The first-order valence-corrected chi connectivity index (χ1v) is 6.22. The second-order valence-electron chi connectivity index (χ2n) is 4.21. The van der Waals surface area contributed by atoms with Gasteiger partial charge in [-0.3, -0.25) is 4.79 Å². The zero-order chi connectivity index (χ0) is 14.4. The van der Waals surface area contributed by atoms with Crippen molar-refractivity contribution in [2.75, 3.05) is 5.32 Å². The molecule has 100 valence electrons. The molecule has 0 spiro atoms. The van der Waals surface area contributed by atoms with E-state index < -0.39 is 6.10 Å². The number of hydrogen-bond acceptors (Lipinski definition) is 3. The topological polar surface area (TPSA) is 62.1 Å². The number of para-hydroxylation sites is 2. The van der Waals surface area contributed by atoms with Crippen LogP contribution in [-0.4, -0.2) is 12.0 Å². The molecule has 0 radical (unpaired) electrons. The Bertz CT molecular complexity index is 632. The van der Waals surface area contributed by atoms with Crippen LogP contribution in [0.4, 0.5) is 5.69 Å². The van der Waals surface area contributed by atoms with Crippen molar-refractivity contribution in [1.82, 2.24) is 0 Å². The molecule has 1 atom stereocenters. The number of carbonyl (C=O) groups excluding carboxylic acids is 1. The average Bonchev–Trinajstić information content (AvgIpc) is 2.48. The van der Waals surface area contributed by atoms with Gasteiger partial charge in [0.25, 0.3) is 5.91 Å². The van der Waals surface area contributed by atoms with Gasteiger partial charge < -0.3 is 10.1 Å². The molecule has 1 N–H and O–H groups in total. The monoisotopic (exact) mass is 266 g/mol. The molecule has 0 aromatic heterocycles. The molecule has 0 fully saturated rings. The van der Waals surface area contributed by atoms with Crippen LogP contribution in [0, 0.1) is 11.3 Å². The highest BCUT2D eigenvalue weighted by molar-refractivity contribution is 6.06. The van der Waals surface area contributed by atoms with Crippen LogP contribution < -0.4 is 10.1 Å². The fraction of sp³-hybridized carbons (Fsp3) is 0.125. The summed E-state index contributed by atoms with van der Waals surface area (Å²) in [4.78, 5) is 12.2. The highest BCUT2D eigenvalue weighted by Crippen LogP contribution is 2.20. The zero-order valence-electron chi connectivity index (χ0n) is 11.0. The van der Waals surface area contributed by atoms with E-state index in [1.165, 1.54) is 0 Å². The van der Waals surface area contributed by atoms with E-state index in [1.54, 1.807) is 43.3 Å². The third kappa shape index (κ3) is 3.36. The number of rotatable bonds is 4. The predicted molar refractivity (Wildman–Crippen MR) is 76.5 cm³/mol. The number of nitrogens with zero attached hydrogens (tertiary/aromatic N) is 1. The van der Waals surface area contributed by atoms with Crippen molar-refractivity contribution in [3.63, 3.8) is 0 Å². The molecule has 4 heteroatoms. The lowest BCUT2D eigenvalue weighted by atomic mass is 10.1. The van der Waals surface area contributed by atoms with E-state index in [1.807, 2.05) is 24.3 Å². The molecule has 1 amide bonds. The Balaban J connectivity index is 2.20. The van der Waals surface area contributed by atoms with E-state index in [-0.39, 0.29) is 5.91 Å². The first-order chi connectivity index (χ1) is 9.70. The molecule has 2 rings (SSSR count). The van der Waals surface area contributed by atoms with Gasteiger partial charge in [-0.05, 0) is 31.2 Å². The Kier molecular flexibility index (Phi) is 4.35. The summed E-state index contributed by atoms with van der Waals surface area (Å²) in [5.41, 5.74) is 1.11. The Morgan fingerprint density at radius 2 is 1.80 bits per heavy atom. The number of nitrogens with one attached hydrogen (secondary N) is 1. The van der Waals surface area contributed by atoms with Gasteiger partial charge in [0.2, 0.25) is 0 Å². The minimum Gasteiger partial charge on any atom is -0.475 e. The van der Waals surface area contributed by atoms with Crippen molar-refractivity contribution in [2.45, 2.75) is 13.0 Å². The van der Waals surface area contributed by atoms with Gasteiger partial charge in [-0.1, -0.05) is 30.3 Å². The van der Waals surface area contributed by atoms with E-state index >= 15 is 0 Å². The highest BCUT2D eigenvalue weighted by Gasteiger charge is 2.14. The highest BCUT2D eigenvalue weighted by atomic mass is 16.5. The molecule has 20 heavy (non-hydrogen) atoms. The van der Waals surface area contributed by atoms with Crippen LogP contribution in [-0.2, 0) is 0 Å². The molecule has 0 unspecified atom stereocenters. The summed E-state index contributed by atoms with van der Waals surface area (Å²) in [7, 11) is 0. The fourth-order valence-corrected chi connectivity index (χ4v) is 1.69. The standard InChI is InChI=1S/C16H14N2O2/c1-12(11-17)20-15-10-6-5-9-14(15)16(19)18-13-7-3-2-4-8-13/h2-10,12H,1H3,(H,18,19)/t12-/m0/s1. The van der Waals surface area contributed by atoms with Crippen molar-refractivity contribution in [2.24, 2.45) is 0 Å². The number of amides is 1. The number of anilines is 1. The first kappa shape index (κ1) is 13.6. The van der Waals surface area contributed by atoms with Gasteiger partial charge in [0, 0.05) is 5.69 Å². The minimum absolute atomic E-state index is 0.267. The van der Waals surface area contributed by atoms with Crippen LogP contribution in [0.15, 0.2) is 54.6 Å². The molecule has 0 saturated carbocycles. The van der Waals surface area contributed by atoms with Gasteiger partial charge in [-0.25, -0.2) is 0 Å². The predicted octanol–water partition coefficient (Wildman–Crippen LogP) is 3.23. The van der Waals surface area contributed by atoms with Crippen LogP contribution >= 0.6 is 0 Å². The molecule has 0 saturated heterocycles. The lowest BCUT2D eigenvalue weighted by Crippen LogP contribution is -2.16. The van der Waals surface area contributed by atoms with Crippen molar-refractivity contribution in [1.29, 1.82) is 5.26 Å². The van der Waals surface area contributed by atoms with Crippen LogP contribution in [0.5, 0.6) is 5.75 Å². The largest absolute Gasteiger partial charge is 0.475 e. The van der Waals surface area contributed by atoms with E-state index in [0.717, 1.165) is 0 Å². The molecule has 0 bridgehead atoms. The number of carbonyl (C=O) groups is 1. The summed E-state index contributed by atoms with van der Waals surface area (Å²) in [5, 5.41) is 11.6. The number of hydrogen-bond donors (Lipinski definition) is 1. The molecule has 2 aromatic carbocycles. The summed E-state index contributed by atoms with van der Waals surface area (Å²) in [5.74, 6) is 0.131. The molecule has 0 aliphatic carbocycles. The van der Waals surface area contributed by atoms with Crippen molar-refractivity contribution in [3.05, 3.63) is 60.2 Å². The SMILES string of the molecule is C[C@@H](C#N)Oc1ccccc1C(=O)Nc1ccccc1. The lowest BCUT2D eigenvalue weighted by Gasteiger charge is -2.12. The number of ether oxygens (including phenoxy) is 1. The Hall–Kier alpha value is -2.80. The van der Waals surface area contributed by atoms with Gasteiger partial charge >= 0.3 is 0 Å². The summed E-state index contributed by atoms with van der Waals surface area (Å²) >= 11 is 0. The van der Waals surface area contributed by atoms with Gasteiger partial charge in [-0.2, -0.15) is 5.26 Å². The third-order valence-electron chi connectivity index (χ3n) is 2.65. The minimum atomic E-state index is -0.610. The van der Waals surface area contributed by atoms with E-state index in [4.69, 9.17) is 10.00 Å². The number of benzene rings is 2. The van der Waals surface area contributed by atoms with Crippen LogP contribution in [0.1, 0.15) is 17.3 Å². The molecule has 2 aromatic rings. The summed E-state index contributed by atoms with van der Waals surface area (Å²) in [6.45, 7) is 1.63. The maximum atomic E-state index is 12.2. The first-order valence-electron chi connectivity index (χ1n) is 6.22. The maximum absolute atomic E-state index is 12.2. The Morgan fingerprint density at radius 1 is 1.15 bits per heavy atom. The van der Waals surface area contributed by atoms with Crippen LogP contribution in [0.25, 0.3) is 0 Å². The molecule has 0 aliphatic rings. The van der Waals surface area contributed by atoms with E-state index in [2.05, 4.69) is 5.32 Å². The average molecular weight is 266 g/mol. The Labute approximate surface area is 117 Å². The summed E-state index contributed by atoms with van der Waals surface area (Å²) in [6.07, 6.45) is -0.610. The molecular weight excluding hydrogens is 252 g/mol. The molecule has 4 nitrogen and oxygen atoms in total. The lowest BCUT2D eigenvalue weighted by molar-refractivity contribution is 0.102. The van der Waals surface area contributed by atoms with Gasteiger partial charge in [-0.15, -0.1) is 0 Å². The molecule has 0 heterocycles. The normalized spacial score (nSPS) is 11.2. The quantitative estimate of drug-likeness (QED) is 0.924. The molecular formula is C16H14N2O2. The Morgan fingerprint density at radius 3 is 2.50 bits per heavy atom. The second kappa shape index (κ2) is 6.39. The van der Waals surface area contributed by atoms with Crippen molar-refractivity contribution < 1.29 is 9.53 Å².